The Balaban J connectivity index is 1.59. The smallest absolute Gasteiger partial charge is 0.271 e. The summed E-state index contributed by atoms with van der Waals surface area (Å²) in [5, 5.41) is 11.5. The Labute approximate surface area is 129 Å². The van der Waals surface area contributed by atoms with Crippen LogP contribution in [-0.4, -0.2) is 32.2 Å². The highest BCUT2D eigenvalue weighted by molar-refractivity contribution is 7.13. The minimum Gasteiger partial charge on any atom is -0.349 e. The van der Waals surface area contributed by atoms with Gasteiger partial charge in [0.15, 0.2) is 5.69 Å². The first-order chi connectivity index (χ1) is 10.7. The molecular weight excluding hydrogens is 302 g/mol. The van der Waals surface area contributed by atoms with Crippen molar-refractivity contribution < 1.29 is 4.79 Å². The standard InChI is InChI=1S/C14H13N5O2S/c20-13-3-4-15-9-19(13)6-5-16-14(21)11-8-10(17-18-11)12-2-1-7-22-12/h1-4,7-9H,5-6H2,(H,16,21)(H,17,18). The van der Waals surface area contributed by atoms with Gasteiger partial charge in [0.05, 0.1) is 16.9 Å². The third-order valence-electron chi connectivity index (χ3n) is 3.03. The van der Waals surface area contributed by atoms with E-state index in [0.29, 0.717) is 18.8 Å². The van der Waals surface area contributed by atoms with Crippen molar-refractivity contribution in [1.29, 1.82) is 0 Å². The highest BCUT2D eigenvalue weighted by atomic mass is 32.1. The molecule has 0 aliphatic rings. The van der Waals surface area contributed by atoms with Gasteiger partial charge >= 0.3 is 0 Å². The van der Waals surface area contributed by atoms with Crippen LogP contribution in [0.2, 0.25) is 0 Å². The van der Waals surface area contributed by atoms with Crippen LogP contribution in [-0.2, 0) is 6.54 Å². The van der Waals surface area contributed by atoms with Crippen molar-refractivity contribution in [3.05, 3.63) is 58.2 Å². The number of thiophene rings is 1. The molecule has 2 N–H and O–H groups in total. The predicted octanol–water partition coefficient (Wildman–Crippen LogP) is 1.12. The van der Waals surface area contributed by atoms with Crippen molar-refractivity contribution in [3.63, 3.8) is 0 Å². The van der Waals surface area contributed by atoms with Gasteiger partial charge in [-0.2, -0.15) is 5.10 Å². The highest BCUT2D eigenvalue weighted by Crippen LogP contribution is 2.22. The van der Waals surface area contributed by atoms with E-state index in [1.54, 1.807) is 17.4 Å². The molecule has 112 valence electrons. The summed E-state index contributed by atoms with van der Waals surface area (Å²) in [6, 6.07) is 6.97. The van der Waals surface area contributed by atoms with Crippen molar-refractivity contribution in [2.45, 2.75) is 6.54 Å². The Bertz CT molecular complexity index is 822. The molecule has 3 aromatic heterocycles. The molecule has 0 radical (unpaired) electrons. The van der Waals surface area contributed by atoms with Crippen LogP contribution >= 0.6 is 11.3 Å². The SMILES string of the molecule is O=C(NCCn1cnccc1=O)c1cc(-c2cccs2)[nH]n1. The van der Waals surface area contributed by atoms with Crippen molar-refractivity contribution in [2.24, 2.45) is 0 Å². The fourth-order valence-corrected chi connectivity index (χ4v) is 2.62. The third-order valence-corrected chi connectivity index (χ3v) is 3.93. The maximum atomic E-state index is 12.0. The maximum Gasteiger partial charge on any atom is 0.271 e. The van der Waals surface area contributed by atoms with Crippen molar-refractivity contribution in [2.75, 3.05) is 6.54 Å². The molecule has 0 aliphatic heterocycles. The lowest BCUT2D eigenvalue weighted by Crippen LogP contribution is -2.30. The lowest BCUT2D eigenvalue weighted by Gasteiger charge is -2.05. The molecule has 0 unspecified atom stereocenters. The summed E-state index contributed by atoms with van der Waals surface area (Å²) < 4.78 is 1.43. The van der Waals surface area contributed by atoms with Gasteiger partial charge in [0, 0.05) is 25.4 Å². The van der Waals surface area contributed by atoms with E-state index in [0.717, 1.165) is 10.6 Å². The van der Waals surface area contributed by atoms with Gasteiger partial charge in [0.2, 0.25) is 0 Å². The Hall–Kier alpha value is -2.74. The fourth-order valence-electron chi connectivity index (χ4n) is 1.92. The molecule has 8 heteroatoms. The number of rotatable bonds is 5. The van der Waals surface area contributed by atoms with Crippen LogP contribution < -0.4 is 10.9 Å². The van der Waals surface area contributed by atoms with Crippen molar-refractivity contribution in [1.82, 2.24) is 25.1 Å². The molecule has 0 fully saturated rings. The lowest BCUT2D eigenvalue weighted by molar-refractivity contribution is 0.0947. The Kier molecular flexibility index (Phi) is 4.10. The van der Waals surface area contributed by atoms with Gasteiger partial charge in [0.25, 0.3) is 11.5 Å². The molecule has 0 atom stereocenters. The second-order valence-electron chi connectivity index (χ2n) is 4.51. The fraction of sp³-hybridized carbons (Fsp3) is 0.143. The van der Waals surface area contributed by atoms with Crippen molar-refractivity contribution in [3.8, 4) is 10.6 Å². The second kappa shape index (κ2) is 6.35. The average molecular weight is 315 g/mol. The molecule has 0 spiro atoms. The lowest BCUT2D eigenvalue weighted by atomic mass is 10.3. The maximum absolute atomic E-state index is 12.0. The summed E-state index contributed by atoms with van der Waals surface area (Å²) >= 11 is 1.57. The zero-order valence-corrected chi connectivity index (χ0v) is 12.3. The molecule has 3 heterocycles. The van der Waals surface area contributed by atoms with Crippen LogP contribution in [0.25, 0.3) is 10.6 Å². The number of amides is 1. The zero-order valence-electron chi connectivity index (χ0n) is 11.5. The van der Waals surface area contributed by atoms with E-state index in [-0.39, 0.29) is 11.5 Å². The number of H-pyrrole nitrogens is 1. The molecule has 0 bridgehead atoms. The van der Waals surface area contributed by atoms with E-state index in [9.17, 15) is 9.59 Å². The molecule has 3 rings (SSSR count). The highest BCUT2D eigenvalue weighted by Gasteiger charge is 2.11. The minimum atomic E-state index is -0.281. The molecule has 0 saturated carbocycles. The van der Waals surface area contributed by atoms with E-state index in [1.165, 1.54) is 23.2 Å². The van der Waals surface area contributed by atoms with Crippen LogP contribution in [0.3, 0.4) is 0 Å². The number of carbonyl (C=O) groups excluding carboxylic acids is 1. The second-order valence-corrected chi connectivity index (χ2v) is 5.46. The first-order valence-electron chi connectivity index (χ1n) is 6.62. The molecule has 0 aliphatic carbocycles. The van der Waals surface area contributed by atoms with E-state index in [4.69, 9.17) is 0 Å². The average Bonchev–Trinajstić information content (AvgIpc) is 3.20. The number of hydrogen-bond donors (Lipinski definition) is 2. The van der Waals surface area contributed by atoms with E-state index in [1.807, 2.05) is 17.5 Å². The van der Waals surface area contributed by atoms with Crippen LogP contribution in [0.5, 0.6) is 0 Å². The van der Waals surface area contributed by atoms with E-state index < -0.39 is 0 Å². The molecule has 3 aromatic rings. The topological polar surface area (TPSA) is 92.7 Å². The number of aromatic amines is 1. The van der Waals surface area contributed by atoms with Crippen LogP contribution in [0.1, 0.15) is 10.5 Å². The zero-order chi connectivity index (χ0) is 15.4. The Morgan fingerprint density at radius 2 is 2.32 bits per heavy atom. The monoisotopic (exact) mass is 315 g/mol. The third kappa shape index (κ3) is 3.12. The van der Waals surface area contributed by atoms with Crippen LogP contribution in [0, 0.1) is 0 Å². The van der Waals surface area contributed by atoms with Gasteiger partial charge in [-0.1, -0.05) is 6.07 Å². The Morgan fingerprint density at radius 1 is 1.41 bits per heavy atom. The summed E-state index contributed by atoms with van der Waals surface area (Å²) in [4.78, 5) is 28.4. The summed E-state index contributed by atoms with van der Waals surface area (Å²) in [6.45, 7) is 0.687. The number of hydrogen-bond acceptors (Lipinski definition) is 5. The molecular formula is C14H13N5O2S. The number of aromatic nitrogens is 4. The summed E-state index contributed by atoms with van der Waals surface area (Å²) in [5.74, 6) is -0.281. The summed E-state index contributed by atoms with van der Waals surface area (Å²) in [5.41, 5.74) is 0.981. The molecule has 7 nitrogen and oxygen atoms in total. The number of nitrogens with zero attached hydrogens (tertiary/aromatic N) is 3. The first-order valence-corrected chi connectivity index (χ1v) is 7.50. The normalized spacial score (nSPS) is 10.5. The summed E-state index contributed by atoms with van der Waals surface area (Å²) in [6.07, 6.45) is 2.88. The molecule has 22 heavy (non-hydrogen) atoms. The van der Waals surface area contributed by atoms with Gasteiger partial charge in [-0.3, -0.25) is 19.3 Å². The molecule has 1 amide bonds. The van der Waals surface area contributed by atoms with Gasteiger partial charge in [0.1, 0.15) is 0 Å². The van der Waals surface area contributed by atoms with Crippen LogP contribution in [0.4, 0.5) is 0 Å². The number of carbonyl (C=O) groups is 1. The van der Waals surface area contributed by atoms with Gasteiger partial charge in [-0.15, -0.1) is 11.3 Å². The quantitative estimate of drug-likeness (QED) is 0.738. The first kappa shape index (κ1) is 14.2. The van der Waals surface area contributed by atoms with E-state index >= 15 is 0 Å². The molecule has 0 aromatic carbocycles. The largest absolute Gasteiger partial charge is 0.349 e. The molecule has 0 saturated heterocycles. The number of nitrogens with one attached hydrogen (secondary N) is 2. The van der Waals surface area contributed by atoms with Crippen molar-refractivity contribution >= 4 is 17.2 Å². The predicted molar refractivity (Wildman–Crippen MR) is 82.7 cm³/mol. The van der Waals surface area contributed by atoms with E-state index in [2.05, 4.69) is 20.5 Å². The van der Waals surface area contributed by atoms with Crippen LogP contribution in [0.15, 0.2) is 47.0 Å². The summed E-state index contributed by atoms with van der Waals surface area (Å²) in [7, 11) is 0. The van der Waals surface area contributed by atoms with Gasteiger partial charge in [-0.05, 0) is 17.5 Å². The van der Waals surface area contributed by atoms with Gasteiger partial charge in [-0.25, -0.2) is 4.98 Å². The van der Waals surface area contributed by atoms with Gasteiger partial charge < -0.3 is 5.32 Å². The minimum absolute atomic E-state index is 0.149. The Morgan fingerprint density at radius 3 is 3.09 bits per heavy atom.